The molecule has 152 valence electrons. The van der Waals surface area contributed by atoms with Crippen LogP contribution in [0.4, 0.5) is 13.2 Å². The summed E-state index contributed by atoms with van der Waals surface area (Å²) in [6.45, 7) is 2.96. The SMILES string of the molecule is OCc1ccc(OCCN2CCC(Sc3ccccc3OC(F)(F)F)C2)cc1. The molecule has 0 saturated carbocycles. The number of likely N-dealkylation sites (tertiary alicyclic amines) is 1. The zero-order valence-electron chi connectivity index (χ0n) is 15.2. The number of nitrogens with zero attached hydrogens (tertiary/aromatic N) is 1. The number of rotatable bonds is 8. The summed E-state index contributed by atoms with van der Waals surface area (Å²) in [7, 11) is 0. The van der Waals surface area contributed by atoms with Crippen LogP contribution >= 0.6 is 11.8 Å². The lowest BCUT2D eigenvalue weighted by Gasteiger charge is -2.17. The van der Waals surface area contributed by atoms with Crippen molar-refractivity contribution in [2.45, 2.75) is 29.5 Å². The Hall–Kier alpha value is -1.90. The number of aliphatic hydroxyl groups excluding tert-OH is 1. The summed E-state index contributed by atoms with van der Waals surface area (Å²) in [6.07, 6.45) is -3.79. The summed E-state index contributed by atoms with van der Waals surface area (Å²) in [5.41, 5.74) is 0.835. The average molecular weight is 413 g/mol. The molecule has 1 heterocycles. The van der Waals surface area contributed by atoms with E-state index in [1.165, 1.54) is 23.9 Å². The summed E-state index contributed by atoms with van der Waals surface area (Å²) >= 11 is 1.43. The molecule has 2 aromatic rings. The molecule has 1 atom stereocenters. The normalized spacial score (nSPS) is 17.6. The van der Waals surface area contributed by atoms with E-state index in [2.05, 4.69) is 9.64 Å². The molecule has 2 aromatic carbocycles. The van der Waals surface area contributed by atoms with E-state index in [0.717, 1.165) is 37.4 Å². The van der Waals surface area contributed by atoms with Gasteiger partial charge in [-0.25, -0.2) is 0 Å². The molecule has 0 spiro atoms. The van der Waals surface area contributed by atoms with E-state index in [9.17, 15) is 13.2 Å². The van der Waals surface area contributed by atoms with Crippen LogP contribution in [0, 0.1) is 0 Å². The molecular formula is C20H22F3NO3S. The van der Waals surface area contributed by atoms with Crippen LogP contribution in [0.1, 0.15) is 12.0 Å². The van der Waals surface area contributed by atoms with Crippen LogP contribution in [0.2, 0.25) is 0 Å². The molecule has 28 heavy (non-hydrogen) atoms. The number of alkyl halides is 3. The topological polar surface area (TPSA) is 41.9 Å². The second kappa shape index (κ2) is 9.54. The predicted molar refractivity (Wildman–Crippen MR) is 102 cm³/mol. The third-order valence-corrected chi connectivity index (χ3v) is 5.69. The third-order valence-electron chi connectivity index (χ3n) is 4.38. The first-order valence-electron chi connectivity index (χ1n) is 8.99. The first-order chi connectivity index (χ1) is 13.4. The van der Waals surface area contributed by atoms with Crippen molar-refractivity contribution in [1.29, 1.82) is 0 Å². The van der Waals surface area contributed by atoms with Crippen molar-refractivity contribution >= 4 is 11.8 Å². The van der Waals surface area contributed by atoms with Crippen molar-refractivity contribution in [2.75, 3.05) is 26.2 Å². The van der Waals surface area contributed by atoms with Crippen molar-refractivity contribution in [3.63, 3.8) is 0 Å². The summed E-state index contributed by atoms with van der Waals surface area (Å²) < 4.78 is 47.5. The smallest absolute Gasteiger partial charge is 0.492 e. The first-order valence-corrected chi connectivity index (χ1v) is 9.87. The van der Waals surface area contributed by atoms with Gasteiger partial charge in [0, 0.05) is 18.3 Å². The molecule has 0 amide bonds. The second-order valence-corrected chi connectivity index (χ2v) is 7.82. The van der Waals surface area contributed by atoms with E-state index in [1.807, 2.05) is 24.3 Å². The van der Waals surface area contributed by atoms with Gasteiger partial charge in [-0.2, -0.15) is 0 Å². The highest BCUT2D eigenvalue weighted by atomic mass is 32.2. The summed E-state index contributed by atoms with van der Waals surface area (Å²) in [5.74, 6) is 0.605. The number of aliphatic hydroxyl groups is 1. The fourth-order valence-electron chi connectivity index (χ4n) is 3.02. The molecule has 0 radical (unpaired) electrons. The standard InChI is InChI=1S/C20H22F3NO3S/c21-20(22,23)27-18-3-1-2-4-19(18)28-17-9-10-24(13-17)11-12-26-16-7-5-15(14-25)6-8-16/h1-8,17,25H,9-14H2. The summed E-state index contributed by atoms with van der Waals surface area (Å²) in [5, 5.41) is 9.25. The second-order valence-electron chi connectivity index (χ2n) is 6.47. The minimum atomic E-state index is -4.69. The molecule has 8 heteroatoms. The van der Waals surface area contributed by atoms with Crippen LogP contribution in [0.15, 0.2) is 53.4 Å². The van der Waals surface area contributed by atoms with Gasteiger partial charge in [-0.05, 0) is 42.8 Å². The largest absolute Gasteiger partial charge is 0.573 e. The molecule has 3 rings (SSSR count). The number of benzene rings is 2. The van der Waals surface area contributed by atoms with Gasteiger partial charge in [0.05, 0.1) is 11.5 Å². The fraction of sp³-hybridized carbons (Fsp3) is 0.400. The molecule has 1 saturated heterocycles. The molecule has 1 aliphatic heterocycles. The summed E-state index contributed by atoms with van der Waals surface area (Å²) in [4.78, 5) is 2.75. The zero-order chi connectivity index (χ0) is 20.0. The van der Waals surface area contributed by atoms with Gasteiger partial charge in [-0.15, -0.1) is 24.9 Å². The average Bonchev–Trinajstić information content (AvgIpc) is 3.10. The Bertz CT molecular complexity index is 755. The molecule has 0 bridgehead atoms. The number of para-hydroxylation sites is 1. The van der Waals surface area contributed by atoms with Crippen LogP contribution in [0.3, 0.4) is 0 Å². The summed E-state index contributed by atoms with van der Waals surface area (Å²) in [6, 6.07) is 13.5. The van der Waals surface area contributed by atoms with Gasteiger partial charge in [0.1, 0.15) is 18.1 Å². The van der Waals surface area contributed by atoms with Crippen LogP contribution in [0.5, 0.6) is 11.5 Å². The van der Waals surface area contributed by atoms with E-state index >= 15 is 0 Å². The van der Waals surface area contributed by atoms with E-state index in [4.69, 9.17) is 9.84 Å². The quantitative estimate of drug-likeness (QED) is 0.698. The van der Waals surface area contributed by atoms with Gasteiger partial charge in [-0.3, -0.25) is 4.90 Å². The van der Waals surface area contributed by atoms with Crippen molar-refractivity contribution in [3.8, 4) is 11.5 Å². The maximum absolute atomic E-state index is 12.6. The highest BCUT2D eigenvalue weighted by Gasteiger charge is 2.33. The number of ether oxygens (including phenoxy) is 2. The molecule has 1 fully saturated rings. The molecule has 0 aromatic heterocycles. The van der Waals surface area contributed by atoms with E-state index in [-0.39, 0.29) is 17.6 Å². The predicted octanol–water partition coefficient (Wildman–Crippen LogP) is 4.32. The van der Waals surface area contributed by atoms with Crippen LogP contribution in [-0.4, -0.2) is 47.9 Å². The van der Waals surface area contributed by atoms with Gasteiger partial charge in [0.15, 0.2) is 0 Å². The fourth-order valence-corrected chi connectivity index (χ4v) is 4.27. The van der Waals surface area contributed by atoms with Crippen molar-refractivity contribution in [2.24, 2.45) is 0 Å². The van der Waals surface area contributed by atoms with E-state index < -0.39 is 6.36 Å². The van der Waals surface area contributed by atoms with E-state index in [0.29, 0.717) is 11.5 Å². The van der Waals surface area contributed by atoms with Crippen LogP contribution < -0.4 is 9.47 Å². The number of hydrogen-bond acceptors (Lipinski definition) is 5. The Morgan fingerprint density at radius 3 is 2.57 bits per heavy atom. The van der Waals surface area contributed by atoms with Gasteiger partial charge in [0.2, 0.25) is 0 Å². The molecule has 1 N–H and O–H groups in total. The maximum Gasteiger partial charge on any atom is 0.573 e. The third kappa shape index (κ3) is 6.32. The highest BCUT2D eigenvalue weighted by molar-refractivity contribution is 8.00. The van der Waals surface area contributed by atoms with Crippen molar-refractivity contribution < 1.29 is 27.8 Å². The number of halogens is 3. The molecular weight excluding hydrogens is 391 g/mol. The Balaban J connectivity index is 1.45. The Kier molecular flexibility index (Phi) is 7.09. The zero-order valence-corrected chi connectivity index (χ0v) is 16.0. The first kappa shape index (κ1) is 20.8. The number of thioether (sulfide) groups is 1. The Labute approximate surface area is 166 Å². The highest BCUT2D eigenvalue weighted by Crippen LogP contribution is 2.37. The van der Waals surface area contributed by atoms with E-state index in [1.54, 1.807) is 12.1 Å². The van der Waals surface area contributed by atoms with Gasteiger partial charge >= 0.3 is 6.36 Å². The lowest BCUT2D eigenvalue weighted by atomic mass is 10.2. The van der Waals surface area contributed by atoms with Crippen LogP contribution in [0.25, 0.3) is 0 Å². The van der Waals surface area contributed by atoms with Crippen molar-refractivity contribution in [1.82, 2.24) is 4.90 Å². The van der Waals surface area contributed by atoms with Crippen molar-refractivity contribution in [3.05, 3.63) is 54.1 Å². The molecule has 1 aliphatic rings. The molecule has 4 nitrogen and oxygen atoms in total. The minimum absolute atomic E-state index is 0.00422. The molecule has 0 aliphatic carbocycles. The minimum Gasteiger partial charge on any atom is -0.492 e. The van der Waals surface area contributed by atoms with Crippen LogP contribution in [-0.2, 0) is 6.61 Å². The Morgan fingerprint density at radius 2 is 1.86 bits per heavy atom. The maximum atomic E-state index is 12.6. The van der Waals surface area contributed by atoms with Gasteiger partial charge in [0.25, 0.3) is 0 Å². The number of hydrogen-bond donors (Lipinski definition) is 1. The lowest BCUT2D eigenvalue weighted by Crippen LogP contribution is -2.26. The Morgan fingerprint density at radius 1 is 1.11 bits per heavy atom. The molecule has 1 unspecified atom stereocenters. The van der Waals surface area contributed by atoms with Gasteiger partial charge < -0.3 is 14.6 Å². The van der Waals surface area contributed by atoms with Gasteiger partial charge in [-0.1, -0.05) is 24.3 Å². The monoisotopic (exact) mass is 413 g/mol. The lowest BCUT2D eigenvalue weighted by molar-refractivity contribution is -0.275.